The Balaban J connectivity index is 2.44. The van der Waals surface area contributed by atoms with Crippen molar-refractivity contribution in [2.75, 3.05) is 7.11 Å². The van der Waals surface area contributed by atoms with Crippen molar-refractivity contribution in [3.05, 3.63) is 29.1 Å². The maximum absolute atomic E-state index is 9.80. The van der Waals surface area contributed by atoms with Crippen LogP contribution in [-0.4, -0.2) is 17.8 Å². The third-order valence-electron chi connectivity index (χ3n) is 2.40. The maximum atomic E-state index is 9.80. The van der Waals surface area contributed by atoms with E-state index in [0.29, 0.717) is 6.42 Å². The molecule has 1 N–H and O–H groups in total. The van der Waals surface area contributed by atoms with Crippen LogP contribution in [0.25, 0.3) is 10.1 Å². The second kappa shape index (κ2) is 4.07. The van der Waals surface area contributed by atoms with Gasteiger partial charge in [0.05, 0.1) is 12.7 Å². The summed E-state index contributed by atoms with van der Waals surface area (Å²) >= 11 is 1.71. The van der Waals surface area contributed by atoms with Gasteiger partial charge in [0, 0.05) is 21.4 Å². The highest BCUT2D eigenvalue weighted by Crippen LogP contribution is 2.33. The topological polar surface area (TPSA) is 29.5 Å². The van der Waals surface area contributed by atoms with Gasteiger partial charge in [-0.25, -0.2) is 0 Å². The van der Waals surface area contributed by atoms with E-state index in [9.17, 15) is 5.11 Å². The molecule has 16 heavy (non-hydrogen) atoms. The zero-order valence-corrected chi connectivity index (χ0v) is 10.6. The smallest absolute Gasteiger partial charge is 0.127 e. The molecule has 86 valence electrons. The molecule has 2 nitrogen and oxygen atoms in total. The Kier molecular flexibility index (Phi) is 2.91. The number of hydrogen-bond acceptors (Lipinski definition) is 3. The Labute approximate surface area is 99.5 Å². The van der Waals surface area contributed by atoms with E-state index >= 15 is 0 Å². The molecule has 1 aromatic heterocycles. The zero-order chi connectivity index (χ0) is 11.8. The summed E-state index contributed by atoms with van der Waals surface area (Å²) in [6, 6.07) is 8.14. The van der Waals surface area contributed by atoms with Gasteiger partial charge in [-0.1, -0.05) is 6.07 Å². The first-order valence-corrected chi connectivity index (χ1v) is 6.09. The van der Waals surface area contributed by atoms with Crippen LogP contribution in [0.1, 0.15) is 18.7 Å². The number of hydrogen-bond donors (Lipinski definition) is 1. The first-order chi connectivity index (χ1) is 7.49. The van der Waals surface area contributed by atoms with Gasteiger partial charge >= 0.3 is 0 Å². The van der Waals surface area contributed by atoms with Crippen LogP contribution < -0.4 is 4.74 Å². The Bertz CT molecular complexity index is 494. The average molecular weight is 236 g/mol. The summed E-state index contributed by atoms with van der Waals surface area (Å²) in [4.78, 5) is 1.19. The number of methoxy groups -OCH3 is 1. The fraction of sp³-hybridized carbons (Fsp3) is 0.385. The monoisotopic (exact) mass is 236 g/mol. The molecule has 3 heteroatoms. The second-order valence-corrected chi connectivity index (χ2v) is 5.74. The predicted molar refractivity (Wildman–Crippen MR) is 68.4 cm³/mol. The van der Waals surface area contributed by atoms with Crippen LogP contribution in [0.2, 0.25) is 0 Å². The number of ether oxygens (including phenoxy) is 1. The van der Waals surface area contributed by atoms with E-state index in [1.807, 2.05) is 26.0 Å². The van der Waals surface area contributed by atoms with Crippen molar-refractivity contribution < 1.29 is 9.84 Å². The molecule has 0 fully saturated rings. The van der Waals surface area contributed by atoms with Gasteiger partial charge in [-0.05, 0) is 32.0 Å². The molecule has 0 amide bonds. The van der Waals surface area contributed by atoms with Gasteiger partial charge in [-0.3, -0.25) is 0 Å². The molecule has 0 saturated heterocycles. The van der Waals surface area contributed by atoms with E-state index in [4.69, 9.17) is 4.74 Å². The fourth-order valence-corrected chi connectivity index (χ4v) is 3.08. The highest BCUT2D eigenvalue weighted by atomic mass is 32.1. The Morgan fingerprint density at radius 3 is 2.75 bits per heavy atom. The van der Waals surface area contributed by atoms with E-state index in [1.165, 1.54) is 9.58 Å². The van der Waals surface area contributed by atoms with Gasteiger partial charge in [-0.2, -0.15) is 0 Å². The molecule has 0 aliphatic rings. The van der Waals surface area contributed by atoms with E-state index in [0.717, 1.165) is 11.1 Å². The number of thiophene rings is 1. The standard InChI is InChI=1S/C13H16O2S/c1-13(2,14)8-9-7-10-11(15-3)5-4-6-12(10)16-9/h4-7,14H,8H2,1-3H3. The molecular formula is C13H16O2S. The Hall–Kier alpha value is -1.06. The Morgan fingerprint density at radius 1 is 1.38 bits per heavy atom. The van der Waals surface area contributed by atoms with Gasteiger partial charge in [0.1, 0.15) is 5.75 Å². The van der Waals surface area contributed by atoms with Crippen LogP contribution in [0.4, 0.5) is 0 Å². The highest BCUT2D eigenvalue weighted by molar-refractivity contribution is 7.19. The lowest BCUT2D eigenvalue weighted by Crippen LogP contribution is -2.20. The number of rotatable bonds is 3. The summed E-state index contributed by atoms with van der Waals surface area (Å²) < 4.78 is 6.52. The van der Waals surface area contributed by atoms with Crippen LogP contribution in [0.5, 0.6) is 5.75 Å². The Morgan fingerprint density at radius 2 is 2.12 bits per heavy atom. The van der Waals surface area contributed by atoms with Crippen LogP contribution in [0.3, 0.4) is 0 Å². The van der Waals surface area contributed by atoms with Crippen LogP contribution >= 0.6 is 11.3 Å². The van der Waals surface area contributed by atoms with Crippen molar-refractivity contribution >= 4 is 21.4 Å². The number of aliphatic hydroxyl groups is 1. The average Bonchev–Trinajstić information content (AvgIpc) is 2.56. The third-order valence-corrected chi connectivity index (χ3v) is 3.50. The minimum Gasteiger partial charge on any atom is -0.496 e. The molecule has 2 aromatic rings. The molecule has 0 saturated carbocycles. The van der Waals surface area contributed by atoms with E-state index < -0.39 is 5.60 Å². The SMILES string of the molecule is COc1cccc2sc(CC(C)(C)O)cc12. The van der Waals surface area contributed by atoms with Crippen LogP contribution in [0, 0.1) is 0 Å². The molecule has 0 atom stereocenters. The van der Waals surface area contributed by atoms with Crippen molar-refractivity contribution in [3.63, 3.8) is 0 Å². The molecule has 1 aromatic carbocycles. The van der Waals surface area contributed by atoms with Gasteiger partial charge in [0.2, 0.25) is 0 Å². The van der Waals surface area contributed by atoms with Gasteiger partial charge in [0.15, 0.2) is 0 Å². The second-order valence-electron chi connectivity index (χ2n) is 4.57. The van der Waals surface area contributed by atoms with Crippen molar-refractivity contribution in [3.8, 4) is 5.75 Å². The van der Waals surface area contributed by atoms with E-state index in [-0.39, 0.29) is 0 Å². The van der Waals surface area contributed by atoms with Gasteiger partial charge in [-0.15, -0.1) is 11.3 Å². The molecule has 0 spiro atoms. The molecule has 0 radical (unpaired) electrons. The number of benzene rings is 1. The predicted octanol–water partition coefficient (Wildman–Crippen LogP) is 3.22. The minimum absolute atomic E-state index is 0.659. The molecular weight excluding hydrogens is 220 g/mol. The highest BCUT2D eigenvalue weighted by Gasteiger charge is 2.16. The van der Waals surface area contributed by atoms with Crippen LogP contribution in [0.15, 0.2) is 24.3 Å². The largest absolute Gasteiger partial charge is 0.496 e. The maximum Gasteiger partial charge on any atom is 0.127 e. The third kappa shape index (κ3) is 2.36. The molecule has 1 heterocycles. The van der Waals surface area contributed by atoms with Crippen molar-refractivity contribution in [2.45, 2.75) is 25.9 Å². The number of fused-ring (bicyclic) bond motifs is 1. The summed E-state index contributed by atoms with van der Waals surface area (Å²) in [5, 5.41) is 10.9. The summed E-state index contributed by atoms with van der Waals surface area (Å²) in [5.74, 6) is 0.899. The summed E-state index contributed by atoms with van der Waals surface area (Å²) in [6.45, 7) is 3.66. The normalized spacial score (nSPS) is 12.0. The summed E-state index contributed by atoms with van der Waals surface area (Å²) in [5.41, 5.74) is -0.659. The lowest BCUT2D eigenvalue weighted by atomic mass is 10.0. The van der Waals surface area contributed by atoms with Crippen molar-refractivity contribution in [1.29, 1.82) is 0 Å². The molecule has 0 bridgehead atoms. The first-order valence-electron chi connectivity index (χ1n) is 5.27. The van der Waals surface area contributed by atoms with Gasteiger partial charge < -0.3 is 9.84 Å². The minimum atomic E-state index is -0.659. The van der Waals surface area contributed by atoms with Crippen molar-refractivity contribution in [2.24, 2.45) is 0 Å². The molecule has 0 unspecified atom stereocenters. The van der Waals surface area contributed by atoms with Crippen LogP contribution in [-0.2, 0) is 6.42 Å². The quantitative estimate of drug-likeness (QED) is 0.886. The van der Waals surface area contributed by atoms with E-state index in [2.05, 4.69) is 12.1 Å². The summed E-state index contributed by atoms with van der Waals surface area (Å²) in [6.07, 6.45) is 0.676. The fourth-order valence-electron chi connectivity index (χ4n) is 1.78. The summed E-state index contributed by atoms with van der Waals surface area (Å²) in [7, 11) is 1.68. The lowest BCUT2D eigenvalue weighted by Gasteiger charge is -2.14. The lowest BCUT2D eigenvalue weighted by molar-refractivity contribution is 0.0819. The zero-order valence-electron chi connectivity index (χ0n) is 9.78. The van der Waals surface area contributed by atoms with E-state index in [1.54, 1.807) is 18.4 Å². The van der Waals surface area contributed by atoms with Crippen molar-refractivity contribution in [1.82, 2.24) is 0 Å². The van der Waals surface area contributed by atoms with Gasteiger partial charge in [0.25, 0.3) is 0 Å². The first kappa shape index (κ1) is 11.4. The molecule has 2 rings (SSSR count). The molecule has 0 aliphatic heterocycles. The molecule has 0 aliphatic carbocycles.